The van der Waals surface area contributed by atoms with Crippen molar-refractivity contribution in [2.45, 2.75) is 32.1 Å². The number of nitrogens with zero attached hydrogens (tertiary/aromatic N) is 4. The molecule has 0 aromatic carbocycles. The Balaban J connectivity index is 2.14. The number of hydrogen-bond donors (Lipinski definition) is 1. The summed E-state index contributed by atoms with van der Waals surface area (Å²) in [5.74, 6) is 1.73. The molecule has 0 spiro atoms. The molecule has 0 bridgehead atoms. The maximum Gasteiger partial charge on any atom is 0.165 e. The summed E-state index contributed by atoms with van der Waals surface area (Å²) in [7, 11) is 1.91. The molecule has 2 heterocycles. The van der Waals surface area contributed by atoms with E-state index in [0.29, 0.717) is 17.6 Å². The van der Waals surface area contributed by atoms with Gasteiger partial charge in [0.2, 0.25) is 0 Å². The fraction of sp³-hybridized carbons (Fsp3) is 0.462. The number of nitrogens with two attached hydrogens (primary N) is 1. The van der Waals surface area contributed by atoms with Crippen molar-refractivity contribution in [2.75, 3.05) is 5.73 Å². The van der Waals surface area contributed by atoms with E-state index in [2.05, 4.69) is 32.9 Å². The maximum absolute atomic E-state index is 6.00. The Labute approximate surface area is 120 Å². The highest BCUT2D eigenvalue weighted by atomic mass is 79.9. The third kappa shape index (κ3) is 2.25. The first-order chi connectivity index (χ1) is 9.10. The van der Waals surface area contributed by atoms with Crippen LogP contribution >= 0.6 is 15.9 Å². The fourth-order valence-electron chi connectivity index (χ4n) is 2.21. The van der Waals surface area contributed by atoms with Crippen LogP contribution in [0.4, 0.5) is 5.82 Å². The summed E-state index contributed by atoms with van der Waals surface area (Å²) in [4.78, 5) is 9.10. The van der Waals surface area contributed by atoms with Crippen molar-refractivity contribution in [1.29, 1.82) is 0 Å². The molecular formula is C13H16BrN5. The zero-order valence-electron chi connectivity index (χ0n) is 11.0. The topological polar surface area (TPSA) is 69.6 Å². The van der Waals surface area contributed by atoms with Crippen LogP contribution < -0.4 is 5.73 Å². The lowest BCUT2D eigenvalue weighted by atomic mass is 10.2. The largest absolute Gasteiger partial charge is 0.383 e. The van der Waals surface area contributed by atoms with Crippen molar-refractivity contribution < 1.29 is 0 Å². The van der Waals surface area contributed by atoms with Gasteiger partial charge < -0.3 is 5.73 Å². The number of aryl methyl sites for hydroxylation is 2. The Morgan fingerprint density at radius 3 is 2.79 bits per heavy atom. The second kappa shape index (κ2) is 4.59. The molecule has 19 heavy (non-hydrogen) atoms. The highest BCUT2D eigenvalue weighted by Crippen LogP contribution is 2.44. The van der Waals surface area contributed by atoms with Crippen LogP contribution in [0.5, 0.6) is 0 Å². The molecule has 0 amide bonds. The van der Waals surface area contributed by atoms with E-state index < -0.39 is 0 Å². The molecule has 2 aromatic heterocycles. The van der Waals surface area contributed by atoms with Crippen LogP contribution in [-0.2, 0) is 13.5 Å². The first kappa shape index (κ1) is 12.6. The van der Waals surface area contributed by atoms with Gasteiger partial charge in [-0.3, -0.25) is 4.68 Å². The molecule has 100 valence electrons. The van der Waals surface area contributed by atoms with Crippen molar-refractivity contribution in [3.63, 3.8) is 0 Å². The molecule has 2 N–H and O–H groups in total. The lowest BCUT2D eigenvalue weighted by Gasteiger charge is -2.07. The van der Waals surface area contributed by atoms with Gasteiger partial charge in [-0.1, -0.05) is 6.92 Å². The van der Waals surface area contributed by atoms with Gasteiger partial charge in [0.1, 0.15) is 5.82 Å². The lowest BCUT2D eigenvalue weighted by Crippen LogP contribution is -2.02. The van der Waals surface area contributed by atoms with Crippen LogP contribution in [0.3, 0.4) is 0 Å². The van der Waals surface area contributed by atoms with E-state index in [4.69, 9.17) is 10.7 Å². The maximum atomic E-state index is 6.00. The highest BCUT2D eigenvalue weighted by Gasteiger charge is 2.29. The number of hydrogen-bond acceptors (Lipinski definition) is 4. The molecule has 0 unspecified atom stereocenters. The van der Waals surface area contributed by atoms with Gasteiger partial charge in [-0.25, -0.2) is 9.97 Å². The molecule has 5 nitrogen and oxygen atoms in total. The predicted octanol–water partition coefficient (Wildman–Crippen LogP) is 2.66. The van der Waals surface area contributed by atoms with Crippen LogP contribution in [0.15, 0.2) is 10.7 Å². The van der Waals surface area contributed by atoms with Crippen molar-refractivity contribution in [2.24, 2.45) is 7.05 Å². The molecule has 1 aliphatic rings. The molecule has 0 saturated heterocycles. The van der Waals surface area contributed by atoms with Crippen LogP contribution in [0.25, 0.3) is 11.4 Å². The Morgan fingerprint density at radius 2 is 2.16 bits per heavy atom. The van der Waals surface area contributed by atoms with Crippen molar-refractivity contribution in [3.8, 4) is 11.4 Å². The van der Waals surface area contributed by atoms with E-state index in [9.17, 15) is 0 Å². The molecule has 0 radical (unpaired) electrons. The van der Waals surface area contributed by atoms with E-state index in [-0.39, 0.29) is 0 Å². The molecule has 1 fully saturated rings. The third-order valence-corrected chi connectivity index (χ3v) is 4.16. The SMILES string of the molecule is CCc1nn(C)cc1-c1nc(N)c(Br)c(C2CC2)n1. The molecule has 0 atom stereocenters. The molecule has 0 aliphatic heterocycles. The second-order valence-corrected chi connectivity index (χ2v) is 5.72. The number of aromatic nitrogens is 4. The summed E-state index contributed by atoms with van der Waals surface area (Å²) < 4.78 is 2.65. The number of nitrogen functional groups attached to an aromatic ring is 1. The van der Waals surface area contributed by atoms with Gasteiger partial charge >= 0.3 is 0 Å². The van der Waals surface area contributed by atoms with Crippen LogP contribution in [0.2, 0.25) is 0 Å². The Kier molecular flexibility index (Phi) is 3.05. The second-order valence-electron chi connectivity index (χ2n) is 4.92. The van der Waals surface area contributed by atoms with Crippen LogP contribution in [-0.4, -0.2) is 19.7 Å². The average molecular weight is 322 g/mol. The number of halogens is 1. The zero-order valence-corrected chi connectivity index (χ0v) is 12.6. The number of anilines is 1. The van der Waals surface area contributed by atoms with E-state index in [1.54, 1.807) is 4.68 Å². The summed E-state index contributed by atoms with van der Waals surface area (Å²) in [5.41, 5.74) is 9.02. The standard InChI is InChI=1S/C13H16BrN5/c1-3-9-8(6-19(2)18-9)13-16-11(7-4-5-7)10(14)12(15)17-13/h6-7H,3-5H2,1-2H3,(H2,15,16,17). The van der Waals surface area contributed by atoms with Gasteiger partial charge in [0.05, 0.1) is 21.4 Å². The van der Waals surface area contributed by atoms with E-state index in [1.165, 1.54) is 12.8 Å². The van der Waals surface area contributed by atoms with Gasteiger partial charge in [-0.15, -0.1) is 0 Å². The molecule has 1 aliphatic carbocycles. The summed E-state index contributed by atoms with van der Waals surface area (Å²) in [6.45, 7) is 2.08. The quantitative estimate of drug-likeness (QED) is 0.943. The summed E-state index contributed by atoms with van der Waals surface area (Å²) >= 11 is 3.50. The molecule has 3 rings (SSSR count). The molecule has 2 aromatic rings. The van der Waals surface area contributed by atoms with E-state index >= 15 is 0 Å². The highest BCUT2D eigenvalue weighted by molar-refractivity contribution is 9.10. The molecular weight excluding hydrogens is 306 g/mol. The van der Waals surface area contributed by atoms with E-state index in [0.717, 1.165) is 27.8 Å². The van der Waals surface area contributed by atoms with Gasteiger partial charge in [0.15, 0.2) is 5.82 Å². The monoisotopic (exact) mass is 321 g/mol. The average Bonchev–Trinajstić information content (AvgIpc) is 3.15. The first-order valence-corrected chi connectivity index (χ1v) is 7.25. The van der Waals surface area contributed by atoms with Gasteiger partial charge in [-0.2, -0.15) is 5.10 Å². The summed E-state index contributed by atoms with van der Waals surface area (Å²) in [6, 6.07) is 0. The predicted molar refractivity (Wildman–Crippen MR) is 77.7 cm³/mol. The van der Waals surface area contributed by atoms with Crippen molar-refractivity contribution in [1.82, 2.24) is 19.7 Å². The Hall–Kier alpha value is -1.43. The third-order valence-electron chi connectivity index (χ3n) is 3.35. The van der Waals surface area contributed by atoms with Gasteiger partial charge in [0, 0.05) is 19.2 Å². The molecule has 6 heteroatoms. The first-order valence-electron chi connectivity index (χ1n) is 6.46. The zero-order chi connectivity index (χ0) is 13.6. The normalized spacial score (nSPS) is 14.9. The van der Waals surface area contributed by atoms with Gasteiger partial charge in [-0.05, 0) is 35.2 Å². The van der Waals surface area contributed by atoms with Crippen LogP contribution in [0.1, 0.15) is 37.1 Å². The minimum absolute atomic E-state index is 0.512. The van der Waals surface area contributed by atoms with Crippen molar-refractivity contribution in [3.05, 3.63) is 22.1 Å². The molecule has 1 saturated carbocycles. The van der Waals surface area contributed by atoms with E-state index in [1.807, 2.05) is 13.2 Å². The fourth-order valence-corrected chi connectivity index (χ4v) is 2.71. The van der Waals surface area contributed by atoms with Crippen LogP contribution in [0, 0.1) is 0 Å². The van der Waals surface area contributed by atoms with Crippen molar-refractivity contribution >= 4 is 21.7 Å². The minimum atomic E-state index is 0.512. The number of rotatable bonds is 3. The summed E-state index contributed by atoms with van der Waals surface area (Å²) in [5, 5.41) is 4.43. The minimum Gasteiger partial charge on any atom is -0.383 e. The lowest BCUT2D eigenvalue weighted by molar-refractivity contribution is 0.746. The Bertz CT molecular complexity index is 630. The van der Waals surface area contributed by atoms with Gasteiger partial charge in [0.25, 0.3) is 0 Å². The Morgan fingerprint density at radius 1 is 1.42 bits per heavy atom. The summed E-state index contributed by atoms with van der Waals surface area (Å²) in [6.07, 6.45) is 5.18. The smallest absolute Gasteiger partial charge is 0.165 e.